The van der Waals surface area contributed by atoms with Crippen LogP contribution in [0.3, 0.4) is 0 Å². The molecule has 0 spiro atoms. The molecule has 8 rings (SSSR count). The number of piperidine rings is 2. The number of hydrogen-bond acceptors (Lipinski definition) is 10. The first-order chi connectivity index (χ1) is 28.3. The lowest BCUT2D eigenvalue weighted by Gasteiger charge is -2.36. The molecule has 0 bridgehead atoms. The minimum atomic E-state index is -0.161. The van der Waals surface area contributed by atoms with Crippen LogP contribution in [0.4, 0.5) is 14.6 Å². The predicted molar refractivity (Wildman–Crippen MR) is 244 cm³/mol. The third-order valence-corrected chi connectivity index (χ3v) is 13.6. The number of fused-ring (bicyclic) bond motifs is 2. The van der Waals surface area contributed by atoms with Crippen molar-refractivity contribution in [2.45, 2.75) is 104 Å². The van der Waals surface area contributed by atoms with E-state index in [4.69, 9.17) is 17.3 Å². The largest absolute Gasteiger partial charge is 0.367 e. The topological polar surface area (TPSA) is 96.1 Å². The Kier molecular flexibility index (Phi) is 16.2. The number of thiophene rings is 2. The zero-order valence-electron chi connectivity index (χ0n) is 35.2. The lowest BCUT2D eigenvalue weighted by molar-refractivity contribution is 0.163. The van der Waals surface area contributed by atoms with Gasteiger partial charge in [-0.3, -0.25) is 9.80 Å². The van der Waals surface area contributed by atoms with Gasteiger partial charge < -0.3 is 11.1 Å². The zero-order valence-corrected chi connectivity index (χ0v) is 37.6. The number of benzene rings is 2. The second-order valence-electron chi connectivity index (χ2n) is 16.7. The summed E-state index contributed by atoms with van der Waals surface area (Å²) in [7, 11) is 0. The maximum atomic E-state index is 13.6. The molecule has 13 heteroatoms. The van der Waals surface area contributed by atoms with Crippen LogP contribution in [0.2, 0.25) is 5.15 Å². The molecule has 2 fully saturated rings. The van der Waals surface area contributed by atoms with E-state index in [0.717, 1.165) is 102 Å². The van der Waals surface area contributed by atoms with Crippen LogP contribution in [0.15, 0.2) is 73.3 Å². The summed E-state index contributed by atoms with van der Waals surface area (Å²) in [5, 5.41) is 6.35. The van der Waals surface area contributed by atoms with Crippen molar-refractivity contribution in [3.63, 3.8) is 0 Å². The Morgan fingerprint density at radius 3 is 1.64 bits per heavy atom. The van der Waals surface area contributed by atoms with Gasteiger partial charge in [0.25, 0.3) is 0 Å². The SMILES string of the molecule is CC(C)Cc1cc2c(Cl)ncnc2s1.CC(C)Cc1cc2c(NC3CCN(C(C)c4cccc(F)c4)CC3)ncnc2s1.CC(c1cccc(F)c1)N1CCC(N)CC1. The fourth-order valence-corrected chi connectivity index (χ4v) is 10.4. The van der Waals surface area contributed by atoms with Gasteiger partial charge in [0.15, 0.2) is 0 Å². The van der Waals surface area contributed by atoms with E-state index in [1.165, 1.54) is 28.2 Å². The summed E-state index contributed by atoms with van der Waals surface area (Å²) in [5.41, 5.74) is 7.97. The van der Waals surface area contributed by atoms with Crippen molar-refractivity contribution in [3.05, 3.63) is 111 Å². The van der Waals surface area contributed by atoms with Gasteiger partial charge in [-0.2, -0.15) is 0 Å². The molecule has 0 amide bonds. The molecule has 6 aromatic rings. The molecular weight excluding hydrogens is 802 g/mol. The molecule has 6 heterocycles. The summed E-state index contributed by atoms with van der Waals surface area (Å²) in [4.78, 5) is 26.7. The highest BCUT2D eigenvalue weighted by molar-refractivity contribution is 7.19. The van der Waals surface area contributed by atoms with E-state index in [-0.39, 0.29) is 23.7 Å². The number of likely N-dealkylation sites (tertiary alicyclic amines) is 2. The van der Waals surface area contributed by atoms with E-state index >= 15 is 0 Å². The van der Waals surface area contributed by atoms with Gasteiger partial charge in [-0.15, -0.1) is 22.7 Å². The van der Waals surface area contributed by atoms with Crippen molar-refractivity contribution >= 4 is 60.5 Å². The van der Waals surface area contributed by atoms with Gasteiger partial charge >= 0.3 is 0 Å². The molecule has 0 saturated carbocycles. The summed E-state index contributed by atoms with van der Waals surface area (Å²) in [6.07, 6.45) is 9.53. The van der Waals surface area contributed by atoms with Gasteiger partial charge in [-0.1, -0.05) is 63.6 Å². The van der Waals surface area contributed by atoms with Crippen LogP contribution in [0, 0.1) is 23.5 Å². The van der Waals surface area contributed by atoms with Crippen LogP contribution in [0.25, 0.3) is 20.4 Å². The molecule has 0 radical (unpaired) electrons. The molecule has 0 aliphatic carbocycles. The highest BCUT2D eigenvalue weighted by Gasteiger charge is 2.25. The van der Waals surface area contributed by atoms with Crippen LogP contribution in [0.1, 0.15) is 100 Å². The molecule has 2 aromatic carbocycles. The third-order valence-electron chi connectivity index (χ3n) is 11.1. The summed E-state index contributed by atoms with van der Waals surface area (Å²) in [6, 6.07) is 19.5. The van der Waals surface area contributed by atoms with Gasteiger partial charge in [-0.25, -0.2) is 28.7 Å². The minimum Gasteiger partial charge on any atom is -0.367 e. The summed E-state index contributed by atoms with van der Waals surface area (Å²) in [5.74, 6) is 1.94. The first-order valence-corrected chi connectivity index (χ1v) is 23.0. The number of halogens is 3. The molecule has 4 aromatic heterocycles. The van der Waals surface area contributed by atoms with Gasteiger partial charge in [0, 0.05) is 65.5 Å². The maximum absolute atomic E-state index is 13.6. The monoisotopic (exact) mass is 860 g/mol. The van der Waals surface area contributed by atoms with Crippen LogP contribution in [0.5, 0.6) is 0 Å². The van der Waals surface area contributed by atoms with E-state index in [2.05, 4.69) is 88.7 Å². The Labute approximate surface area is 361 Å². The first kappa shape index (κ1) is 44.9. The number of nitrogens with one attached hydrogen (secondary N) is 1. The standard InChI is InChI=1S/C23H29FN4S.C13H19FN2.C10H11ClN2S/c1-15(2)11-20-13-21-22(25-14-26-23(21)29-20)27-19-7-9-28(10-8-19)16(3)17-5-4-6-18(24)12-17;1-10(11-3-2-4-12(14)9-11)16-7-5-13(15)6-8-16;1-6(2)3-7-4-8-9(11)12-5-13-10(8)14-7/h4-6,12-16,19H,7-11H2,1-3H3,(H,25,26,27);2-4,9-10,13H,5-8,15H2,1H3;4-6H,3H2,1-2H3. The molecule has 2 saturated heterocycles. The van der Waals surface area contributed by atoms with Gasteiger partial charge in [-0.05, 0) is 112 Å². The van der Waals surface area contributed by atoms with Crippen molar-refractivity contribution in [1.29, 1.82) is 0 Å². The molecule has 2 aliphatic rings. The molecule has 2 unspecified atom stereocenters. The Hall–Kier alpha value is -3.65. The van der Waals surface area contributed by atoms with E-state index in [9.17, 15) is 8.78 Å². The van der Waals surface area contributed by atoms with Crippen molar-refractivity contribution < 1.29 is 8.78 Å². The van der Waals surface area contributed by atoms with E-state index in [0.29, 0.717) is 29.1 Å². The number of aromatic nitrogens is 4. The van der Waals surface area contributed by atoms with Crippen molar-refractivity contribution in [1.82, 2.24) is 29.7 Å². The minimum absolute atomic E-state index is 0.155. The summed E-state index contributed by atoms with van der Waals surface area (Å²) >= 11 is 9.44. The molecular formula is C46H59ClF2N8S2. The second-order valence-corrected chi connectivity index (χ2v) is 19.3. The fraction of sp³-hybridized carbons (Fsp3) is 0.478. The molecule has 2 atom stereocenters. The van der Waals surface area contributed by atoms with E-state index in [1.54, 1.807) is 53.3 Å². The second kappa shape index (κ2) is 21.2. The molecule has 2 aliphatic heterocycles. The van der Waals surface area contributed by atoms with Crippen molar-refractivity contribution in [2.75, 3.05) is 31.5 Å². The molecule has 8 nitrogen and oxygen atoms in total. The quantitative estimate of drug-likeness (QED) is 0.132. The predicted octanol–water partition coefficient (Wildman–Crippen LogP) is 11.5. The van der Waals surface area contributed by atoms with Crippen LogP contribution in [-0.4, -0.2) is 68.0 Å². The average Bonchev–Trinajstić information content (AvgIpc) is 3.82. The number of nitrogens with zero attached hydrogens (tertiary/aromatic N) is 6. The van der Waals surface area contributed by atoms with E-state index < -0.39 is 0 Å². The highest BCUT2D eigenvalue weighted by Crippen LogP contribution is 2.32. The lowest BCUT2D eigenvalue weighted by Crippen LogP contribution is -2.40. The Balaban J connectivity index is 0.000000164. The lowest BCUT2D eigenvalue weighted by atomic mass is 10.00. The Bertz CT molecular complexity index is 2230. The van der Waals surface area contributed by atoms with E-state index in [1.807, 2.05) is 12.1 Å². The average molecular weight is 862 g/mol. The highest BCUT2D eigenvalue weighted by atomic mass is 35.5. The Morgan fingerprint density at radius 2 is 1.15 bits per heavy atom. The Morgan fingerprint density at radius 1 is 0.678 bits per heavy atom. The smallest absolute Gasteiger partial charge is 0.141 e. The van der Waals surface area contributed by atoms with Gasteiger partial charge in [0.2, 0.25) is 0 Å². The number of anilines is 1. The van der Waals surface area contributed by atoms with Gasteiger partial charge in [0.05, 0.1) is 5.39 Å². The van der Waals surface area contributed by atoms with Gasteiger partial charge in [0.1, 0.15) is 44.9 Å². The van der Waals surface area contributed by atoms with Crippen molar-refractivity contribution in [3.8, 4) is 0 Å². The summed E-state index contributed by atoms with van der Waals surface area (Å²) in [6.45, 7) is 17.2. The fourth-order valence-electron chi connectivity index (χ4n) is 7.79. The normalized spacial score (nSPS) is 16.8. The molecule has 59 heavy (non-hydrogen) atoms. The maximum Gasteiger partial charge on any atom is 0.141 e. The van der Waals surface area contributed by atoms with Crippen LogP contribution in [-0.2, 0) is 12.8 Å². The number of hydrogen-bond donors (Lipinski definition) is 2. The molecule has 3 N–H and O–H groups in total. The van der Waals surface area contributed by atoms with Crippen LogP contribution < -0.4 is 11.1 Å². The summed E-state index contributed by atoms with van der Waals surface area (Å²) < 4.78 is 26.7. The third kappa shape index (κ3) is 12.7. The number of nitrogens with two attached hydrogens (primary N) is 1. The van der Waals surface area contributed by atoms with Crippen molar-refractivity contribution in [2.24, 2.45) is 17.6 Å². The molecule has 316 valence electrons. The first-order valence-electron chi connectivity index (χ1n) is 21.0. The number of rotatable bonds is 10. The zero-order chi connectivity index (χ0) is 42.1. The van der Waals surface area contributed by atoms with Crippen LogP contribution >= 0.6 is 34.3 Å².